The lowest BCUT2D eigenvalue weighted by molar-refractivity contribution is 0.340. The maximum atomic E-state index is 9.75. The fraction of sp³-hybridized carbons (Fsp3) is 0.133. The number of hydrogen-bond acceptors (Lipinski definition) is 4. The van der Waals surface area contributed by atoms with E-state index in [4.69, 9.17) is 15.9 Å². The molecule has 0 radical (unpaired) electrons. The SMILES string of the molecule is CCOc1ccc2nc3cc([N+]#N)ccc3c(N)c2c1.F[B-](F)(F)F. The van der Waals surface area contributed by atoms with Crippen LogP contribution in [0.1, 0.15) is 6.92 Å². The maximum absolute atomic E-state index is 9.75. The van der Waals surface area contributed by atoms with E-state index in [0.29, 0.717) is 23.5 Å². The molecule has 0 aliphatic rings. The Hall–Kier alpha value is -3.09. The Balaban J connectivity index is 0.000000399. The molecule has 3 aromatic rings. The van der Waals surface area contributed by atoms with E-state index in [1.54, 1.807) is 18.2 Å². The number of nitrogens with zero attached hydrogens (tertiary/aromatic N) is 3. The summed E-state index contributed by atoms with van der Waals surface area (Å²) in [6, 6.07) is 10.8. The van der Waals surface area contributed by atoms with Crippen molar-refractivity contribution in [3.63, 3.8) is 0 Å². The van der Waals surface area contributed by atoms with E-state index < -0.39 is 7.25 Å². The molecule has 1 aromatic heterocycles. The molecule has 0 aliphatic heterocycles. The van der Waals surface area contributed by atoms with E-state index >= 15 is 0 Å². The smallest absolute Gasteiger partial charge is 0.494 e. The minimum atomic E-state index is -6.00. The highest BCUT2D eigenvalue weighted by atomic mass is 19.5. The second-order valence-corrected chi connectivity index (χ2v) is 4.93. The Bertz CT molecular complexity index is 950. The lowest BCUT2D eigenvalue weighted by atomic mass is 10.1. The third-order valence-electron chi connectivity index (χ3n) is 3.20. The number of ether oxygens (including phenoxy) is 1. The van der Waals surface area contributed by atoms with Gasteiger partial charge in [-0.3, -0.25) is 0 Å². The summed E-state index contributed by atoms with van der Waals surface area (Å²) < 4.78 is 44.5. The maximum Gasteiger partial charge on any atom is 0.673 e. The van der Waals surface area contributed by atoms with Crippen molar-refractivity contribution in [3.8, 4) is 5.75 Å². The molecule has 10 heteroatoms. The average Bonchev–Trinajstić information content (AvgIpc) is 2.54. The van der Waals surface area contributed by atoms with Gasteiger partial charge in [-0.25, -0.2) is 4.98 Å². The molecular formula is C15H13BF4N4O. The van der Waals surface area contributed by atoms with E-state index in [1.807, 2.05) is 25.1 Å². The van der Waals surface area contributed by atoms with Gasteiger partial charge < -0.3 is 27.7 Å². The van der Waals surface area contributed by atoms with E-state index in [2.05, 4.69) is 9.96 Å². The predicted molar refractivity (Wildman–Crippen MR) is 89.8 cm³/mol. The van der Waals surface area contributed by atoms with Gasteiger partial charge in [-0.15, -0.1) is 0 Å². The monoisotopic (exact) mass is 352 g/mol. The van der Waals surface area contributed by atoms with Crippen LogP contribution < -0.4 is 10.5 Å². The third-order valence-corrected chi connectivity index (χ3v) is 3.20. The van der Waals surface area contributed by atoms with Crippen LogP contribution in [0, 0.1) is 5.39 Å². The Kier molecular flexibility index (Phi) is 5.27. The van der Waals surface area contributed by atoms with Crippen LogP contribution in [0.3, 0.4) is 0 Å². The predicted octanol–water partition coefficient (Wildman–Crippen LogP) is 5.15. The summed E-state index contributed by atoms with van der Waals surface area (Å²) in [7, 11) is -6.00. The van der Waals surface area contributed by atoms with E-state index in [0.717, 1.165) is 22.0 Å². The third kappa shape index (κ3) is 4.70. The van der Waals surface area contributed by atoms with Gasteiger partial charge >= 0.3 is 12.9 Å². The first-order valence-corrected chi connectivity index (χ1v) is 7.21. The van der Waals surface area contributed by atoms with Crippen LogP contribution in [0.15, 0.2) is 36.4 Å². The molecule has 5 nitrogen and oxygen atoms in total. The minimum absolute atomic E-state index is 0.453. The summed E-state index contributed by atoms with van der Waals surface area (Å²) in [6.45, 7) is 2.54. The van der Waals surface area contributed by atoms with Crippen molar-refractivity contribution in [2.75, 3.05) is 12.3 Å². The Morgan fingerprint density at radius 3 is 2.36 bits per heavy atom. The standard InChI is InChI=1S/C15H13N4O.BF4/c1-2-20-10-4-6-13-12(8-10)15(16)11-5-3-9(19-17)7-14(11)18-13;2-1(3,4)5/h3-8H,2H2,1H3,(H2,16,18);/q+1;-1. The van der Waals surface area contributed by atoms with Crippen molar-refractivity contribution in [3.05, 3.63) is 41.4 Å². The normalized spacial score (nSPS) is 10.9. The lowest BCUT2D eigenvalue weighted by Crippen LogP contribution is -2.02. The molecule has 0 saturated heterocycles. The molecule has 3 rings (SSSR count). The van der Waals surface area contributed by atoms with Crippen molar-refractivity contribution in [1.29, 1.82) is 5.39 Å². The fourth-order valence-electron chi connectivity index (χ4n) is 2.26. The van der Waals surface area contributed by atoms with Gasteiger partial charge in [0.25, 0.3) is 0 Å². The summed E-state index contributed by atoms with van der Waals surface area (Å²) in [5.41, 5.74) is 8.81. The molecule has 1 heterocycles. The molecule has 2 N–H and O–H groups in total. The molecular weight excluding hydrogens is 339 g/mol. The van der Waals surface area contributed by atoms with Crippen LogP contribution in [0.25, 0.3) is 26.8 Å². The number of anilines is 1. The first-order chi connectivity index (χ1) is 11.7. The number of fused-ring (bicyclic) bond motifs is 2. The summed E-state index contributed by atoms with van der Waals surface area (Å²) >= 11 is 0. The molecule has 2 aromatic carbocycles. The van der Waals surface area contributed by atoms with E-state index in [9.17, 15) is 17.3 Å². The zero-order valence-electron chi connectivity index (χ0n) is 13.1. The highest BCUT2D eigenvalue weighted by Crippen LogP contribution is 2.32. The van der Waals surface area contributed by atoms with Crippen LogP contribution in [0.2, 0.25) is 0 Å². The second-order valence-electron chi connectivity index (χ2n) is 4.93. The van der Waals surface area contributed by atoms with Crippen molar-refractivity contribution in [2.45, 2.75) is 6.92 Å². The van der Waals surface area contributed by atoms with Gasteiger partial charge in [-0.1, -0.05) is 0 Å². The number of nitrogen functional groups attached to an aromatic ring is 1. The molecule has 0 amide bonds. The largest absolute Gasteiger partial charge is 0.673 e. The van der Waals surface area contributed by atoms with Crippen LogP contribution >= 0.6 is 0 Å². The van der Waals surface area contributed by atoms with E-state index in [-0.39, 0.29) is 0 Å². The number of benzene rings is 2. The number of pyridine rings is 1. The Labute approximate surface area is 140 Å². The number of diazo groups is 1. The molecule has 0 bridgehead atoms. The lowest BCUT2D eigenvalue weighted by Gasteiger charge is -2.08. The van der Waals surface area contributed by atoms with E-state index in [1.165, 1.54) is 0 Å². The van der Waals surface area contributed by atoms with Crippen LogP contribution in [-0.2, 0) is 0 Å². The van der Waals surface area contributed by atoms with Gasteiger partial charge in [0.1, 0.15) is 5.75 Å². The molecule has 130 valence electrons. The number of halogens is 4. The molecule has 0 fully saturated rings. The van der Waals surface area contributed by atoms with Crippen molar-refractivity contribution in [1.82, 2.24) is 4.98 Å². The molecule has 0 unspecified atom stereocenters. The minimum Gasteiger partial charge on any atom is -0.494 e. The summed E-state index contributed by atoms with van der Waals surface area (Å²) in [5, 5.41) is 10.5. The van der Waals surface area contributed by atoms with Crippen molar-refractivity contribution in [2.24, 2.45) is 0 Å². The Morgan fingerprint density at radius 2 is 1.76 bits per heavy atom. The molecule has 0 aliphatic carbocycles. The average molecular weight is 352 g/mol. The number of rotatable bonds is 2. The van der Waals surface area contributed by atoms with Gasteiger partial charge in [0, 0.05) is 16.8 Å². The molecule has 25 heavy (non-hydrogen) atoms. The summed E-state index contributed by atoms with van der Waals surface area (Å²) in [6.07, 6.45) is 0. The molecule has 0 atom stereocenters. The number of hydrogen-bond donors (Lipinski definition) is 1. The summed E-state index contributed by atoms with van der Waals surface area (Å²) in [4.78, 5) is 7.71. The van der Waals surface area contributed by atoms with Gasteiger partial charge in [0.15, 0.2) is 4.98 Å². The van der Waals surface area contributed by atoms with Crippen molar-refractivity contribution < 1.29 is 22.0 Å². The van der Waals surface area contributed by atoms with Crippen LogP contribution in [-0.4, -0.2) is 18.8 Å². The summed E-state index contributed by atoms with van der Waals surface area (Å²) in [5.74, 6) is 0.773. The second kappa shape index (κ2) is 7.21. The van der Waals surface area contributed by atoms with Crippen molar-refractivity contribution >= 4 is 40.4 Å². The van der Waals surface area contributed by atoms with Gasteiger partial charge in [0.2, 0.25) is 5.39 Å². The van der Waals surface area contributed by atoms with Crippen LogP contribution in [0.5, 0.6) is 5.75 Å². The highest BCUT2D eigenvalue weighted by Gasteiger charge is 2.20. The highest BCUT2D eigenvalue weighted by molar-refractivity contribution is 6.50. The molecule has 0 spiro atoms. The zero-order valence-corrected chi connectivity index (χ0v) is 13.1. The van der Waals surface area contributed by atoms with Gasteiger partial charge in [0.05, 0.1) is 29.4 Å². The fourth-order valence-corrected chi connectivity index (χ4v) is 2.26. The number of aromatic nitrogens is 1. The first-order valence-electron chi connectivity index (χ1n) is 7.21. The number of nitrogens with two attached hydrogens (primary N) is 1. The Morgan fingerprint density at radius 1 is 1.08 bits per heavy atom. The molecule has 0 saturated carbocycles. The quantitative estimate of drug-likeness (QED) is 0.299. The topological polar surface area (TPSA) is 76.3 Å². The zero-order chi connectivity index (χ0) is 18.6. The van der Waals surface area contributed by atoms with Gasteiger partial charge in [-0.2, -0.15) is 0 Å². The van der Waals surface area contributed by atoms with Gasteiger partial charge in [-0.05, 0) is 31.2 Å². The van der Waals surface area contributed by atoms with Crippen LogP contribution in [0.4, 0.5) is 28.6 Å². The first kappa shape index (κ1) is 18.3.